The zero-order valence-corrected chi connectivity index (χ0v) is 29.6. The molecule has 7 aromatic rings. The maximum Gasteiger partial charge on any atom is 0.408 e. The Kier molecular flexibility index (Phi) is 10.7. The predicted octanol–water partition coefficient (Wildman–Crippen LogP) is 5.60. The maximum absolute atomic E-state index is 14.3. The van der Waals surface area contributed by atoms with E-state index in [1.165, 1.54) is 7.11 Å². The smallest absolute Gasteiger partial charge is 0.408 e. The van der Waals surface area contributed by atoms with Crippen LogP contribution in [0.25, 0.3) is 32.7 Å². The summed E-state index contributed by atoms with van der Waals surface area (Å²) < 4.78 is 10.6. The van der Waals surface area contributed by atoms with Gasteiger partial charge in [-0.25, -0.2) is 9.59 Å². The Labute approximate surface area is 310 Å². The van der Waals surface area contributed by atoms with Crippen LogP contribution >= 0.6 is 0 Å². The molecule has 12 nitrogen and oxygen atoms in total. The van der Waals surface area contributed by atoms with Crippen LogP contribution in [-0.2, 0) is 49.7 Å². The van der Waals surface area contributed by atoms with Gasteiger partial charge in [0.05, 0.1) is 7.11 Å². The number of hydrogen-bond donors (Lipinski definition) is 6. The van der Waals surface area contributed by atoms with Gasteiger partial charge < -0.3 is 40.4 Å². The molecular formula is C42H40N6O6. The minimum atomic E-state index is -1.15. The number of H-pyrrole nitrogens is 3. The van der Waals surface area contributed by atoms with Crippen LogP contribution in [0.15, 0.2) is 122 Å². The van der Waals surface area contributed by atoms with Gasteiger partial charge in [-0.05, 0) is 46.3 Å². The molecule has 0 spiro atoms. The Morgan fingerprint density at radius 1 is 0.611 bits per heavy atom. The number of para-hydroxylation sites is 3. The van der Waals surface area contributed by atoms with Gasteiger partial charge >= 0.3 is 12.1 Å². The number of amides is 3. The van der Waals surface area contributed by atoms with Crippen LogP contribution in [0.2, 0.25) is 0 Å². The molecule has 12 heteroatoms. The molecule has 3 aromatic heterocycles. The molecule has 274 valence electrons. The molecule has 3 heterocycles. The SMILES string of the molecule is COC(=O)C(Cc1cc2ccccc2[nH]1)NC(=O)C(Cc1c[nH]c2ccccc12)NC(=O)C(Cc1c[nH]c2ccccc12)NC(=O)OCc1ccccc1. The van der Waals surface area contributed by atoms with E-state index in [-0.39, 0.29) is 25.9 Å². The van der Waals surface area contributed by atoms with Gasteiger partial charge in [0.2, 0.25) is 11.8 Å². The van der Waals surface area contributed by atoms with Gasteiger partial charge in [0, 0.05) is 64.7 Å². The van der Waals surface area contributed by atoms with Crippen molar-refractivity contribution in [2.24, 2.45) is 0 Å². The van der Waals surface area contributed by atoms with E-state index in [1.807, 2.05) is 109 Å². The van der Waals surface area contributed by atoms with Gasteiger partial charge in [-0.15, -0.1) is 0 Å². The molecule has 3 atom stereocenters. The van der Waals surface area contributed by atoms with Crippen molar-refractivity contribution >= 4 is 56.6 Å². The Bertz CT molecular complexity index is 2380. The number of methoxy groups -OCH3 is 1. The number of carbonyl (C=O) groups excluding carboxylic acids is 4. The second kappa shape index (κ2) is 16.2. The Balaban J connectivity index is 1.15. The summed E-state index contributed by atoms with van der Waals surface area (Å²) in [5, 5.41) is 11.2. The second-order valence-corrected chi connectivity index (χ2v) is 13.1. The van der Waals surface area contributed by atoms with Crippen LogP contribution < -0.4 is 16.0 Å². The Morgan fingerprint density at radius 2 is 1.15 bits per heavy atom. The van der Waals surface area contributed by atoms with E-state index in [0.717, 1.165) is 55.1 Å². The number of benzene rings is 4. The number of fused-ring (bicyclic) bond motifs is 3. The third-order valence-corrected chi connectivity index (χ3v) is 9.46. The summed E-state index contributed by atoms with van der Waals surface area (Å²) in [5.41, 5.74) is 5.70. The highest BCUT2D eigenvalue weighted by atomic mass is 16.5. The molecule has 4 aromatic carbocycles. The van der Waals surface area contributed by atoms with Crippen molar-refractivity contribution in [3.05, 3.63) is 144 Å². The van der Waals surface area contributed by atoms with E-state index in [9.17, 15) is 19.2 Å². The molecule has 7 rings (SSSR count). The monoisotopic (exact) mass is 724 g/mol. The molecule has 0 aliphatic rings. The van der Waals surface area contributed by atoms with Gasteiger partial charge in [-0.2, -0.15) is 0 Å². The van der Waals surface area contributed by atoms with Gasteiger partial charge in [-0.1, -0.05) is 84.9 Å². The zero-order valence-electron chi connectivity index (χ0n) is 29.6. The van der Waals surface area contributed by atoms with Gasteiger partial charge in [0.1, 0.15) is 24.7 Å². The number of ether oxygens (including phenoxy) is 2. The first-order valence-corrected chi connectivity index (χ1v) is 17.7. The molecule has 0 saturated carbocycles. The number of alkyl carbamates (subject to hydrolysis) is 1. The molecule has 0 aliphatic heterocycles. The van der Waals surface area contributed by atoms with Crippen LogP contribution in [-0.4, -0.2) is 64.1 Å². The third kappa shape index (κ3) is 8.28. The van der Waals surface area contributed by atoms with Gasteiger partial charge in [0.25, 0.3) is 0 Å². The second-order valence-electron chi connectivity index (χ2n) is 13.1. The lowest BCUT2D eigenvalue weighted by molar-refractivity contribution is -0.145. The number of nitrogens with one attached hydrogen (secondary N) is 6. The fourth-order valence-electron chi connectivity index (χ4n) is 6.71. The van der Waals surface area contributed by atoms with Crippen molar-refractivity contribution < 1.29 is 28.7 Å². The van der Waals surface area contributed by atoms with Crippen molar-refractivity contribution in [2.45, 2.75) is 44.0 Å². The molecule has 54 heavy (non-hydrogen) atoms. The first-order chi connectivity index (χ1) is 26.3. The lowest BCUT2D eigenvalue weighted by Gasteiger charge is -2.25. The molecule has 3 amide bonds. The molecule has 0 fully saturated rings. The highest BCUT2D eigenvalue weighted by Gasteiger charge is 2.32. The van der Waals surface area contributed by atoms with Crippen molar-refractivity contribution in [1.29, 1.82) is 0 Å². The van der Waals surface area contributed by atoms with Crippen LogP contribution in [0.5, 0.6) is 0 Å². The van der Waals surface area contributed by atoms with E-state index in [2.05, 4.69) is 30.9 Å². The first kappa shape index (κ1) is 35.6. The van der Waals surface area contributed by atoms with Crippen molar-refractivity contribution in [3.63, 3.8) is 0 Å². The fraction of sp³-hybridized carbons (Fsp3) is 0.190. The lowest BCUT2D eigenvalue weighted by Crippen LogP contribution is -2.57. The molecule has 6 N–H and O–H groups in total. The molecule has 3 unspecified atom stereocenters. The minimum absolute atomic E-state index is 0.00494. The molecule has 0 bridgehead atoms. The van der Waals surface area contributed by atoms with Crippen LogP contribution in [0.4, 0.5) is 4.79 Å². The van der Waals surface area contributed by atoms with Crippen LogP contribution in [0, 0.1) is 0 Å². The predicted molar refractivity (Wildman–Crippen MR) is 205 cm³/mol. The number of aromatic nitrogens is 3. The van der Waals surface area contributed by atoms with Gasteiger partial charge in [0.15, 0.2) is 0 Å². The summed E-state index contributed by atoms with van der Waals surface area (Å²) in [6, 6.07) is 30.8. The fourth-order valence-corrected chi connectivity index (χ4v) is 6.71. The highest BCUT2D eigenvalue weighted by Crippen LogP contribution is 2.22. The van der Waals surface area contributed by atoms with E-state index in [1.54, 1.807) is 12.4 Å². The summed E-state index contributed by atoms with van der Waals surface area (Å²) in [4.78, 5) is 64.6. The Hall–Kier alpha value is -6.82. The summed E-state index contributed by atoms with van der Waals surface area (Å²) in [6.45, 7) is 0.00494. The summed E-state index contributed by atoms with van der Waals surface area (Å²) >= 11 is 0. The largest absolute Gasteiger partial charge is 0.467 e. The average molecular weight is 725 g/mol. The quantitative estimate of drug-likeness (QED) is 0.0799. The van der Waals surface area contributed by atoms with Crippen molar-refractivity contribution in [1.82, 2.24) is 30.9 Å². The lowest BCUT2D eigenvalue weighted by atomic mass is 10.0. The number of hydrogen-bond acceptors (Lipinski definition) is 6. The zero-order chi connectivity index (χ0) is 37.4. The van der Waals surface area contributed by atoms with E-state index in [4.69, 9.17) is 9.47 Å². The number of carbonyl (C=O) groups is 4. The average Bonchev–Trinajstić information content (AvgIpc) is 3.93. The summed E-state index contributed by atoms with van der Waals surface area (Å²) in [6.07, 6.45) is 3.10. The van der Waals surface area contributed by atoms with E-state index >= 15 is 0 Å². The molecule has 0 saturated heterocycles. The number of rotatable bonds is 14. The topological polar surface area (TPSA) is 170 Å². The molecular weight excluding hydrogens is 684 g/mol. The third-order valence-electron chi connectivity index (χ3n) is 9.46. The maximum atomic E-state index is 14.3. The molecule has 0 radical (unpaired) electrons. The van der Waals surface area contributed by atoms with Crippen LogP contribution in [0.3, 0.4) is 0 Å². The van der Waals surface area contributed by atoms with Crippen LogP contribution in [0.1, 0.15) is 22.4 Å². The molecule has 0 aliphatic carbocycles. The number of aromatic amines is 3. The normalized spacial score (nSPS) is 12.9. The van der Waals surface area contributed by atoms with E-state index < -0.39 is 42.0 Å². The van der Waals surface area contributed by atoms with Gasteiger partial charge in [-0.3, -0.25) is 9.59 Å². The first-order valence-electron chi connectivity index (χ1n) is 17.7. The van der Waals surface area contributed by atoms with E-state index in [0.29, 0.717) is 0 Å². The standard InChI is InChI=1S/C42H40N6O6/c1-53-41(51)38(22-30-19-27-13-5-8-16-33(27)45-30)47-39(49)36(20-28-23-43-34-17-9-6-14-31(28)34)46-40(50)37(21-29-24-44-35-18-10-7-15-32(29)35)48-42(52)54-25-26-11-3-2-4-12-26/h2-19,23-24,36-38,43-45H,20-22,25H2,1H3,(H,46,50)(H,47,49)(H,48,52). The number of esters is 1. The van der Waals surface area contributed by atoms with Crippen molar-refractivity contribution in [3.8, 4) is 0 Å². The highest BCUT2D eigenvalue weighted by molar-refractivity contribution is 5.95. The Morgan fingerprint density at radius 3 is 1.76 bits per heavy atom. The van der Waals surface area contributed by atoms with Crippen molar-refractivity contribution in [2.75, 3.05) is 7.11 Å². The summed E-state index contributed by atoms with van der Waals surface area (Å²) in [5.74, 6) is -1.85. The minimum Gasteiger partial charge on any atom is -0.467 e. The summed E-state index contributed by atoms with van der Waals surface area (Å²) in [7, 11) is 1.26.